The zero-order valence-corrected chi connectivity index (χ0v) is 7.67. The molecule has 1 atom stereocenters. The normalized spacial score (nSPS) is 26.0. The minimum atomic E-state index is -0.240. The van der Waals surface area contributed by atoms with Crippen LogP contribution in [0, 0.1) is 0 Å². The van der Waals surface area contributed by atoms with Gasteiger partial charge in [-0.05, 0) is 18.6 Å². The molecule has 0 unspecified atom stereocenters. The van der Waals surface area contributed by atoms with Gasteiger partial charge in [0.15, 0.2) is 0 Å². The largest absolute Gasteiger partial charge is 0.389 e. The van der Waals surface area contributed by atoms with Crippen LogP contribution in [-0.2, 0) is 0 Å². The molecule has 1 N–H and O–H groups in total. The first-order valence-electron chi connectivity index (χ1n) is 4.20. The first-order valence-corrected chi connectivity index (χ1v) is 4.20. The highest BCUT2D eigenvalue weighted by atomic mass is 16.3. The van der Waals surface area contributed by atoms with Gasteiger partial charge in [0.05, 0.1) is 33.3 Å². The third-order valence-electron chi connectivity index (χ3n) is 2.39. The van der Waals surface area contributed by atoms with E-state index in [9.17, 15) is 5.11 Å². The van der Waals surface area contributed by atoms with Crippen LogP contribution in [0.25, 0.3) is 0 Å². The van der Waals surface area contributed by atoms with E-state index in [0.717, 1.165) is 24.0 Å². The number of nitrogens with zero attached hydrogens (tertiary/aromatic N) is 1. The summed E-state index contributed by atoms with van der Waals surface area (Å²) in [5, 5.41) is 9.27. The van der Waals surface area contributed by atoms with Crippen molar-refractivity contribution < 1.29 is 9.59 Å². The third-order valence-corrected chi connectivity index (χ3v) is 2.39. The highest BCUT2D eigenvalue weighted by molar-refractivity contribution is 5.08. The van der Waals surface area contributed by atoms with Crippen molar-refractivity contribution in [2.45, 2.75) is 19.4 Å². The molecular weight excluding hydrogens is 138 g/mol. The van der Waals surface area contributed by atoms with Gasteiger partial charge in [-0.2, -0.15) is 0 Å². The molecule has 0 radical (unpaired) electrons. The van der Waals surface area contributed by atoms with E-state index in [4.69, 9.17) is 0 Å². The lowest BCUT2D eigenvalue weighted by atomic mass is 10.0. The quantitative estimate of drug-likeness (QED) is 0.439. The summed E-state index contributed by atoms with van der Waals surface area (Å²) in [5.74, 6) is 0. The molecule has 0 aromatic heterocycles. The van der Waals surface area contributed by atoms with E-state index in [1.54, 1.807) is 0 Å². The van der Waals surface area contributed by atoms with Gasteiger partial charge < -0.3 is 9.59 Å². The zero-order chi connectivity index (χ0) is 8.48. The average molecular weight is 156 g/mol. The van der Waals surface area contributed by atoms with Crippen molar-refractivity contribution in [2.24, 2.45) is 0 Å². The maximum absolute atomic E-state index is 9.27. The van der Waals surface area contributed by atoms with Crippen LogP contribution in [0.5, 0.6) is 0 Å². The Bertz CT molecular complexity index is 170. The Hall–Kier alpha value is -0.340. The molecule has 2 heteroatoms. The Morgan fingerprint density at radius 3 is 2.55 bits per heavy atom. The first-order chi connectivity index (χ1) is 5.01. The van der Waals surface area contributed by atoms with Crippen molar-refractivity contribution in [3.05, 3.63) is 11.6 Å². The summed E-state index contributed by atoms with van der Waals surface area (Å²) in [6, 6.07) is 0. The van der Waals surface area contributed by atoms with Crippen LogP contribution < -0.4 is 0 Å². The van der Waals surface area contributed by atoms with Crippen molar-refractivity contribution in [3.63, 3.8) is 0 Å². The Morgan fingerprint density at radius 2 is 2.18 bits per heavy atom. The fraction of sp³-hybridized carbons (Fsp3) is 0.778. The number of rotatable bonds is 1. The lowest BCUT2D eigenvalue weighted by Crippen LogP contribution is -2.43. The highest BCUT2D eigenvalue weighted by Crippen LogP contribution is 2.16. The van der Waals surface area contributed by atoms with Gasteiger partial charge in [-0.3, -0.25) is 0 Å². The van der Waals surface area contributed by atoms with Crippen LogP contribution in [0.3, 0.4) is 0 Å². The van der Waals surface area contributed by atoms with Crippen LogP contribution in [0.4, 0.5) is 0 Å². The number of hydrogen-bond acceptors (Lipinski definition) is 1. The van der Waals surface area contributed by atoms with E-state index in [1.807, 2.05) is 6.92 Å². The van der Waals surface area contributed by atoms with E-state index >= 15 is 0 Å². The Kier molecular flexibility index (Phi) is 2.35. The predicted octanol–water partition coefficient (Wildman–Crippen LogP) is 0.774. The summed E-state index contributed by atoms with van der Waals surface area (Å²) in [5.41, 5.74) is 1.21. The maximum atomic E-state index is 9.27. The monoisotopic (exact) mass is 156 g/mol. The summed E-state index contributed by atoms with van der Waals surface area (Å²) in [4.78, 5) is 0. The molecule has 1 aliphatic rings. The second-order valence-electron chi connectivity index (χ2n) is 4.05. The molecule has 1 heterocycles. The van der Waals surface area contributed by atoms with Crippen LogP contribution in [0.2, 0.25) is 0 Å². The third kappa shape index (κ3) is 2.31. The molecule has 1 aliphatic heterocycles. The van der Waals surface area contributed by atoms with E-state index in [2.05, 4.69) is 20.2 Å². The van der Waals surface area contributed by atoms with E-state index < -0.39 is 0 Å². The standard InChI is InChI=1S/C9H18NO/c1-8(11)9-4-6-10(2,3)7-5-9/h4,8,11H,5-7H2,1-3H3/q+1/t8-/m0/s1. The van der Waals surface area contributed by atoms with Crippen LogP contribution in [0.1, 0.15) is 13.3 Å². The van der Waals surface area contributed by atoms with Gasteiger partial charge in [0.1, 0.15) is 0 Å². The molecule has 0 aliphatic carbocycles. The molecule has 0 spiro atoms. The van der Waals surface area contributed by atoms with Gasteiger partial charge in [-0.1, -0.05) is 0 Å². The topological polar surface area (TPSA) is 20.2 Å². The molecule has 1 rings (SSSR count). The molecule has 0 aromatic rings. The number of quaternary nitrogens is 1. The minimum absolute atomic E-state index is 0.240. The van der Waals surface area contributed by atoms with E-state index in [1.165, 1.54) is 5.57 Å². The second-order valence-corrected chi connectivity index (χ2v) is 4.05. The zero-order valence-electron chi connectivity index (χ0n) is 7.67. The smallest absolute Gasteiger partial charge is 0.0973 e. The van der Waals surface area contributed by atoms with Gasteiger partial charge >= 0.3 is 0 Å². The summed E-state index contributed by atoms with van der Waals surface area (Å²) in [7, 11) is 4.44. The van der Waals surface area contributed by atoms with Gasteiger partial charge in [0.2, 0.25) is 0 Å². The van der Waals surface area contributed by atoms with Crippen LogP contribution in [-0.4, -0.2) is 42.9 Å². The fourth-order valence-electron chi connectivity index (χ4n) is 1.37. The van der Waals surface area contributed by atoms with Crippen LogP contribution in [0.15, 0.2) is 11.6 Å². The summed E-state index contributed by atoms with van der Waals surface area (Å²) in [6.45, 7) is 4.05. The summed E-state index contributed by atoms with van der Waals surface area (Å²) >= 11 is 0. The number of hydrogen-bond donors (Lipinski definition) is 1. The van der Waals surface area contributed by atoms with Crippen molar-refractivity contribution in [3.8, 4) is 0 Å². The molecular formula is C9H18NO+. The molecule has 0 fully saturated rings. The molecule has 0 saturated heterocycles. The first kappa shape index (κ1) is 8.75. The maximum Gasteiger partial charge on any atom is 0.0973 e. The fourth-order valence-corrected chi connectivity index (χ4v) is 1.37. The van der Waals surface area contributed by atoms with E-state index in [-0.39, 0.29) is 6.10 Å². The summed E-state index contributed by atoms with van der Waals surface area (Å²) < 4.78 is 1.05. The Morgan fingerprint density at radius 1 is 1.55 bits per heavy atom. The lowest BCUT2D eigenvalue weighted by molar-refractivity contribution is -0.886. The number of likely N-dealkylation sites (N-methyl/N-ethyl adjacent to an activating group) is 1. The van der Waals surface area contributed by atoms with Crippen molar-refractivity contribution in [2.75, 3.05) is 27.2 Å². The number of aliphatic hydroxyl groups excluding tert-OH is 1. The number of aliphatic hydroxyl groups is 1. The summed E-state index contributed by atoms with van der Waals surface area (Å²) in [6.07, 6.45) is 2.98. The van der Waals surface area contributed by atoms with Crippen molar-refractivity contribution in [1.29, 1.82) is 0 Å². The van der Waals surface area contributed by atoms with Crippen molar-refractivity contribution in [1.82, 2.24) is 0 Å². The second kappa shape index (κ2) is 2.95. The van der Waals surface area contributed by atoms with Gasteiger partial charge in [0.25, 0.3) is 0 Å². The molecule has 11 heavy (non-hydrogen) atoms. The van der Waals surface area contributed by atoms with Gasteiger partial charge in [0, 0.05) is 6.42 Å². The van der Waals surface area contributed by atoms with Gasteiger partial charge in [-0.25, -0.2) is 0 Å². The molecule has 0 amide bonds. The van der Waals surface area contributed by atoms with Gasteiger partial charge in [-0.15, -0.1) is 0 Å². The molecule has 0 aromatic carbocycles. The highest BCUT2D eigenvalue weighted by Gasteiger charge is 2.20. The molecule has 2 nitrogen and oxygen atoms in total. The van der Waals surface area contributed by atoms with E-state index in [0.29, 0.717) is 0 Å². The SMILES string of the molecule is C[C@H](O)C1=CC[N+](C)(C)CC1. The lowest BCUT2D eigenvalue weighted by Gasteiger charge is -2.33. The van der Waals surface area contributed by atoms with Crippen LogP contribution >= 0.6 is 0 Å². The molecule has 0 bridgehead atoms. The predicted molar refractivity (Wildman–Crippen MR) is 46.2 cm³/mol. The molecule has 64 valence electrons. The Labute approximate surface area is 68.7 Å². The molecule has 0 saturated carbocycles. The average Bonchev–Trinajstić information content (AvgIpc) is 1.86. The Balaban J connectivity index is 2.58. The minimum Gasteiger partial charge on any atom is -0.389 e. The van der Waals surface area contributed by atoms with Crippen molar-refractivity contribution >= 4 is 0 Å².